The molecule has 46 valence electrons. The first-order valence-electron chi connectivity index (χ1n) is 3.48. The summed E-state index contributed by atoms with van der Waals surface area (Å²) in [6, 6.07) is 13.0. The molecule has 0 saturated heterocycles. The van der Waals surface area contributed by atoms with E-state index in [1.807, 2.05) is 0 Å². The second kappa shape index (κ2) is 1.24. The van der Waals surface area contributed by atoms with Crippen LogP contribution in [0.25, 0.3) is 21.5 Å². The summed E-state index contributed by atoms with van der Waals surface area (Å²) in [7, 11) is 0. The molecule has 0 atom stereocenters. The molecule has 0 heterocycles. The Morgan fingerprint density at radius 3 is 1.20 bits per heavy atom. The lowest BCUT2D eigenvalue weighted by atomic mass is 9.97. The van der Waals surface area contributed by atoms with Crippen LogP contribution in [0.15, 0.2) is 36.4 Å². The van der Waals surface area contributed by atoms with Crippen LogP contribution in [-0.2, 0) is 0 Å². The smallest absolute Gasteiger partial charge is 0.0105 e. The third-order valence-corrected chi connectivity index (χ3v) is 2.21. The highest BCUT2D eigenvalue weighted by atomic mass is 14.1. The SMILES string of the molecule is c1cc2ccc2c2ccc12. The van der Waals surface area contributed by atoms with E-state index in [0.29, 0.717) is 0 Å². The summed E-state index contributed by atoms with van der Waals surface area (Å²) in [6.07, 6.45) is 0. The van der Waals surface area contributed by atoms with Gasteiger partial charge in [0, 0.05) is 0 Å². The first-order valence-corrected chi connectivity index (χ1v) is 3.48. The maximum Gasteiger partial charge on any atom is -0.0105 e. The molecular formula is C10H6. The van der Waals surface area contributed by atoms with Crippen molar-refractivity contribution in [2.45, 2.75) is 0 Å². The molecule has 0 aliphatic rings. The molecule has 0 aliphatic heterocycles. The lowest BCUT2D eigenvalue weighted by molar-refractivity contribution is 1.79. The molecular weight excluding hydrogens is 120 g/mol. The summed E-state index contributed by atoms with van der Waals surface area (Å²) >= 11 is 0. The summed E-state index contributed by atoms with van der Waals surface area (Å²) in [4.78, 5) is 0. The van der Waals surface area contributed by atoms with Gasteiger partial charge in [0.2, 0.25) is 0 Å². The molecule has 0 saturated carbocycles. The van der Waals surface area contributed by atoms with Crippen molar-refractivity contribution >= 4 is 21.5 Å². The molecule has 0 heteroatoms. The lowest BCUT2D eigenvalue weighted by Crippen LogP contribution is -1.81. The van der Waals surface area contributed by atoms with Crippen molar-refractivity contribution in [1.29, 1.82) is 0 Å². The summed E-state index contributed by atoms with van der Waals surface area (Å²) < 4.78 is 0. The normalized spacial score (nSPS) is 12.0. The maximum absolute atomic E-state index is 2.18. The van der Waals surface area contributed by atoms with Crippen molar-refractivity contribution in [2.75, 3.05) is 0 Å². The fraction of sp³-hybridized carbons (Fsp3) is 0. The fourth-order valence-corrected chi connectivity index (χ4v) is 1.49. The van der Waals surface area contributed by atoms with Crippen molar-refractivity contribution in [3.05, 3.63) is 36.4 Å². The summed E-state index contributed by atoms with van der Waals surface area (Å²) in [6.45, 7) is 0. The second-order valence-corrected chi connectivity index (χ2v) is 2.74. The Balaban J connectivity index is 2.67. The van der Waals surface area contributed by atoms with Gasteiger partial charge in [0.25, 0.3) is 0 Å². The minimum Gasteiger partial charge on any atom is -0.0537 e. The molecule has 0 bridgehead atoms. The number of rotatable bonds is 0. The second-order valence-electron chi connectivity index (χ2n) is 2.74. The van der Waals surface area contributed by atoms with Crippen LogP contribution in [0.3, 0.4) is 0 Å². The largest absolute Gasteiger partial charge is 0.0537 e. The van der Waals surface area contributed by atoms with Crippen LogP contribution in [0.1, 0.15) is 0 Å². The van der Waals surface area contributed by atoms with Gasteiger partial charge in [-0.05, 0) is 21.5 Å². The topological polar surface area (TPSA) is 0 Å². The van der Waals surface area contributed by atoms with Gasteiger partial charge < -0.3 is 0 Å². The zero-order chi connectivity index (χ0) is 6.55. The number of hydrogen-bond donors (Lipinski definition) is 0. The lowest BCUT2D eigenvalue weighted by Gasteiger charge is -2.07. The molecule has 10 heavy (non-hydrogen) atoms. The van der Waals surface area contributed by atoms with Crippen molar-refractivity contribution in [1.82, 2.24) is 0 Å². The van der Waals surface area contributed by atoms with Gasteiger partial charge in [-0.15, -0.1) is 0 Å². The van der Waals surface area contributed by atoms with E-state index in [-0.39, 0.29) is 0 Å². The minimum absolute atomic E-state index is 1.39. The van der Waals surface area contributed by atoms with Crippen molar-refractivity contribution in [3.63, 3.8) is 0 Å². The predicted octanol–water partition coefficient (Wildman–Crippen LogP) is 2.87. The van der Waals surface area contributed by atoms with Crippen molar-refractivity contribution in [3.8, 4) is 0 Å². The molecule has 0 N–H and O–H groups in total. The Kier molecular flexibility index (Phi) is 0.558. The summed E-state index contributed by atoms with van der Waals surface area (Å²) in [5.41, 5.74) is 0. The third kappa shape index (κ3) is 0.330. The van der Waals surface area contributed by atoms with Gasteiger partial charge in [-0.25, -0.2) is 0 Å². The molecule has 3 aromatic carbocycles. The van der Waals surface area contributed by atoms with Gasteiger partial charge >= 0.3 is 0 Å². The third-order valence-electron chi connectivity index (χ3n) is 2.21. The molecule has 0 aromatic heterocycles. The quantitative estimate of drug-likeness (QED) is 0.434. The van der Waals surface area contributed by atoms with Crippen LogP contribution in [0.5, 0.6) is 0 Å². The zero-order valence-corrected chi connectivity index (χ0v) is 5.46. The van der Waals surface area contributed by atoms with E-state index in [0.717, 1.165) is 0 Å². The van der Waals surface area contributed by atoms with E-state index in [4.69, 9.17) is 0 Å². The Labute approximate surface area is 58.8 Å². The van der Waals surface area contributed by atoms with Crippen molar-refractivity contribution < 1.29 is 0 Å². The van der Waals surface area contributed by atoms with Crippen LogP contribution in [0, 0.1) is 0 Å². The Morgan fingerprint density at radius 2 is 0.900 bits per heavy atom. The predicted molar refractivity (Wildman–Crippen MR) is 43.8 cm³/mol. The van der Waals surface area contributed by atoms with E-state index in [1.165, 1.54) is 21.5 Å². The fourth-order valence-electron chi connectivity index (χ4n) is 1.49. The Morgan fingerprint density at radius 1 is 0.500 bits per heavy atom. The highest BCUT2D eigenvalue weighted by Gasteiger charge is 2.02. The maximum atomic E-state index is 2.18. The molecule has 3 rings (SSSR count). The molecule has 0 spiro atoms. The van der Waals surface area contributed by atoms with E-state index in [9.17, 15) is 0 Å². The monoisotopic (exact) mass is 126 g/mol. The van der Waals surface area contributed by atoms with Crippen LogP contribution >= 0.6 is 0 Å². The molecule has 0 unspecified atom stereocenters. The molecule has 0 nitrogen and oxygen atoms in total. The number of benzene rings is 1. The van der Waals surface area contributed by atoms with Gasteiger partial charge in [-0.1, -0.05) is 36.4 Å². The van der Waals surface area contributed by atoms with Crippen LogP contribution in [0.2, 0.25) is 0 Å². The highest BCUT2D eigenvalue weighted by molar-refractivity contribution is 6.12. The molecule has 3 aromatic rings. The van der Waals surface area contributed by atoms with Gasteiger partial charge in [0.1, 0.15) is 0 Å². The van der Waals surface area contributed by atoms with E-state index in [1.54, 1.807) is 0 Å². The van der Waals surface area contributed by atoms with Crippen LogP contribution in [-0.4, -0.2) is 0 Å². The Bertz CT molecular complexity index is 409. The minimum atomic E-state index is 1.39. The summed E-state index contributed by atoms with van der Waals surface area (Å²) in [5.74, 6) is 0. The van der Waals surface area contributed by atoms with Crippen molar-refractivity contribution in [2.24, 2.45) is 0 Å². The van der Waals surface area contributed by atoms with Gasteiger partial charge in [0.05, 0.1) is 0 Å². The molecule has 0 aliphatic carbocycles. The first-order chi connectivity index (χ1) is 4.95. The van der Waals surface area contributed by atoms with E-state index in [2.05, 4.69) is 36.4 Å². The molecule has 0 amide bonds. The standard InChI is InChI=1S/C10H6/c1-2-8-4-6-10(8)9-5-3-7(1)9/h1-6H. The van der Waals surface area contributed by atoms with Crippen LogP contribution in [0.4, 0.5) is 0 Å². The van der Waals surface area contributed by atoms with E-state index < -0.39 is 0 Å². The van der Waals surface area contributed by atoms with Gasteiger partial charge in [-0.3, -0.25) is 0 Å². The highest BCUT2D eigenvalue weighted by Crippen LogP contribution is 2.30. The number of fused-ring (bicyclic) bond motifs is 3. The van der Waals surface area contributed by atoms with Crippen LogP contribution < -0.4 is 0 Å². The molecule has 0 fully saturated rings. The van der Waals surface area contributed by atoms with E-state index >= 15 is 0 Å². The zero-order valence-electron chi connectivity index (χ0n) is 5.46. The average Bonchev–Trinajstić information content (AvgIpc) is 1.84. The number of hydrogen-bond acceptors (Lipinski definition) is 0. The first kappa shape index (κ1) is 4.51. The molecule has 0 radical (unpaired) electrons. The average molecular weight is 126 g/mol. The Hall–Kier alpha value is -1.30. The summed E-state index contributed by atoms with van der Waals surface area (Å²) in [5, 5.41) is 5.64. The van der Waals surface area contributed by atoms with Gasteiger partial charge in [-0.2, -0.15) is 0 Å². The van der Waals surface area contributed by atoms with Gasteiger partial charge in [0.15, 0.2) is 0 Å².